The molecule has 3 aliphatic rings. The van der Waals surface area contributed by atoms with Crippen molar-refractivity contribution < 1.29 is 26.2 Å². The minimum absolute atomic E-state index is 0. The van der Waals surface area contributed by atoms with Crippen LogP contribution in [0, 0.1) is 83.0 Å². The Morgan fingerprint density at radius 2 is 1.16 bits per heavy atom. The first-order valence-corrected chi connectivity index (χ1v) is 8.24. The molecule has 1 aromatic carbocycles. The predicted molar refractivity (Wildman–Crippen MR) is 106 cm³/mol. The molecule has 0 bridgehead atoms. The topological polar surface area (TPSA) is 14.1 Å². The van der Waals surface area contributed by atoms with Crippen LogP contribution in [0.2, 0.25) is 0 Å². The maximum atomic E-state index is 4.56. The minimum atomic E-state index is 0. The molecule has 4 rings (SSSR count). The van der Waals surface area contributed by atoms with Crippen molar-refractivity contribution in [3.63, 3.8) is 0 Å². The van der Waals surface area contributed by atoms with Crippen molar-refractivity contribution >= 4 is 5.69 Å². The van der Waals surface area contributed by atoms with Crippen molar-refractivity contribution in [1.29, 1.82) is 0 Å². The van der Waals surface area contributed by atoms with Crippen LogP contribution in [-0.4, -0.2) is 6.54 Å². The van der Waals surface area contributed by atoms with E-state index in [-0.39, 0.29) is 33.6 Å². The van der Waals surface area contributed by atoms with Crippen LogP contribution in [-0.2, 0) is 26.2 Å². The van der Waals surface area contributed by atoms with E-state index in [2.05, 4.69) is 31.3 Å². The largest absolute Gasteiger partial charge is 4.00 e. The average Bonchev–Trinajstić information content (AvgIpc) is 3.12. The molecule has 3 fully saturated rings. The minimum Gasteiger partial charge on any atom is -0.684 e. The molecule has 0 amide bonds. The summed E-state index contributed by atoms with van der Waals surface area (Å²) in [5.41, 5.74) is 1.67. The van der Waals surface area contributed by atoms with Crippen LogP contribution >= 0.6 is 0 Å². The fourth-order valence-corrected chi connectivity index (χ4v) is 2.28. The Bertz CT molecular complexity index is 382. The van der Waals surface area contributed by atoms with Gasteiger partial charge in [-0.05, 0) is 76.0 Å². The summed E-state index contributed by atoms with van der Waals surface area (Å²) in [5.74, 6) is 0.813. The van der Waals surface area contributed by atoms with Gasteiger partial charge in [-0.15, -0.1) is 12.2 Å². The van der Waals surface area contributed by atoms with E-state index in [9.17, 15) is 0 Å². The zero-order valence-electron chi connectivity index (χ0n) is 15.6. The number of hydrogen-bond acceptors (Lipinski definition) is 0. The molecule has 25 heavy (non-hydrogen) atoms. The van der Waals surface area contributed by atoms with Gasteiger partial charge in [-0.1, -0.05) is 50.1 Å². The van der Waals surface area contributed by atoms with Gasteiger partial charge in [0.15, 0.2) is 0 Å². The third-order valence-corrected chi connectivity index (χ3v) is 4.08. The van der Waals surface area contributed by atoms with E-state index in [1.807, 2.05) is 82.4 Å². The molecule has 1 nitrogen and oxygen atoms in total. The second-order valence-corrected chi connectivity index (χ2v) is 6.49. The molecular formula is C23H29NZr+2. The second kappa shape index (κ2) is 14.0. The maximum absolute atomic E-state index is 4.56. The van der Waals surface area contributed by atoms with Gasteiger partial charge in [0.1, 0.15) is 0 Å². The Kier molecular flexibility index (Phi) is 14.0. The van der Waals surface area contributed by atoms with Gasteiger partial charge in [-0.2, -0.15) is 0 Å². The fourth-order valence-electron chi connectivity index (χ4n) is 2.28. The average molecular weight is 411 g/mol. The number of nitrogens with zero attached hydrogens (tertiary/aromatic N) is 1. The summed E-state index contributed by atoms with van der Waals surface area (Å²) >= 11 is 0. The quantitative estimate of drug-likeness (QED) is 0.525. The van der Waals surface area contributed by atoms with Gasteiger partial charge in [0.05, 0.1) is 0 Å². The molecule has 128 valence electrons. The van der Waals surface area contributed by atoms with Crippen LogP contribution in [0.1, 0.15) is 20.3 Å². The molecule has 0 N–H and O–H groups in total. The van der Waals surface area contributed by atoms with Crippen molar-refractivity contribution in [2.75, 3.05) is 6.54 Å². The monoisotopic (exact) mass is 409 g/mol. The van der Waals surface area contributed by atoms with E-state index in [1.54, 1.807) is 0 Å². The van der Waals surface area contributed by atoms with Crippen molar-refractivity contribution in [3.8, 4) is 0 Å². The number of hydrogen-bond donors (Lipinski definition) is 0. The summed E-state index contributed by atoms with van der Waals surface area (Å²) < 4.78 is 0. The summed E-state index contributed by atoms with van der Waals surface area (Å²) in [5, 5.41) is 4.56. The van der Waals surface area contributed by atoms with Crippen LogP contribution in [0.15, 0.2) is 30.3 Å². The van der Waals surface area contributed by atoms with Gasteiger partial charge in [-0.25, -0.2) is 0 Å². The molecule has 1 aromatic rings. The van der Waals surface area contributed by atoms with Gasteiger partial charge in [0.2, 0.25) is 0 Å². The Hall–Kier alpha value is -0.0969. The molecular weight excluding hydrogens is 381 g/mol. The first-order valence-electron chi connectivity index (χ1n) is 8.24. The first kappa shape index (κ1) is 24.9. The van der Waals surface area contributed by atoms with Gasteiger partial charge < -0.3 is 12.7 Å². The maximum Gasteiger partial charge on any atom is 4.00 e. The van der Waals surface area contributed by atoms with E-state index in [4.69, 9.17) is 0 Å². The van der Waals surface area contributed by atoms with E-state index >= 15 is 0 Å². The molecule has 3 aliphatic carbocycles. The molecule has 1 unspecified atom stereocenters. The van der Waals surface area contributed by atoms with Crippen molar-refractivity contribution in [2.45, 2.75) is 20.3 Å². The van der Waals surface area contributed by atoms with Crippen LogP contribution < -0.4 is 0 Å². The van der Waals surface area contributed by atoms with Crippen molar-refractivity contribution in [3.05, 3.63) is 107 Å². The van der Waals surface area contributed by atoms with Gasteiger partial charge in [0, 0.05) is 0 Å². The number of rotatable bonds is 3. The zero-order chi connectivity index (χ0) is 16.4. The van der Waals surface area contributed by atoms with Crippen LogP contribution in [0.3, 0.4) is 0 Å². The number of para-hydroxylation sites is 1. The van der Waals surface area contributed by atoms with Gasteiger partial charge >= 0.3 is 26.2 Å². The van der Waals surface area contributed by atoms with E-state index < -0.39 is 0 Å². The summed E-state index contributed by atoms with van der Waals surface area (Å²) in [7, 11) is 0. The summed E-state index contributed by atoms with van der Waals surface area (Å²) in [4.78, 5) is 0. The van der Waals surface area contributed by atoms with Crippen molar-refractivity contribution in [1.82, 2.24) is 0 Å². The Morgan fingerprint density at radius 1 is 0.800 bits per heavy atom. The smallest absolute Gasteiger partial charge is 0.684 e. The SMILES string of the molecule is CC1(C)CC1C[N-]c1ccccc1.[CH3-].[CH]1[CH][CH][CH][CH]1.[CH]1[CH][CH][CH][CH]1.[Zr+4]. The second-order valence-electron chi connectivity index (χ2n) is 6.49. The third-order valence-electron chi connectivity index (χ3n) is 4.08. The first-order chi connectivity index (χ1) is 11.2. The summed E-state index contributed by atoms with van der Waals surface area (Å²) in [6.07, 6.45) is 21.3. The standard InChI is InChI=1S/C12H16N.2C5H5.CH3.Zr/c1-12(2)8-10(12)9-13-11-6-4-3-5-7-11;2*1-2-4-5-3-1;;/h3-7,10H,8-9H2,1-2H3;2*1-5H;1H3;/q-1;;;-1;+4. The van der Waals surface area contributed by atoms with Gasteiger partial charge in [0.25, 0.3) is 0 Å². The van der Waals surface area contributed by atoms with Crippen LogP contribution in [0.5, 0.6) is 0 Å². The van der Waals surface area contributed by atoms with Gasteiger partial charge in [-0.3, -0.25) is 0 Å². The molecule has 3 saturated carbocycles. The normalized spacial score (nSPS) is 22.1. The van der Waals surface area contributed by atoms with Crippen LogP contribution in [0.4, 0.5) is 5.69 Å². The Labute approximate surface area is 176 Å². The van der Waals surface area contributed by atoms with Crippen molar-refractivity contribution in [2.24, 2.45) is 11.3 Å². The molecule has 0 spiro atoms. The summed E-state index contributed by atoms with van der Waals surface area (Å²) in [6.45, 7) is 5.63. The molecule has 0 aromatic heterocycles. The number of benzene rings is 1. The Morgan fingerprint density at radius 3 is 1.48 bits per heavy atom. The summed E-state index contributed by atoms with van der Waals surface area (Å²) in [6, 6.07) is 10.2. The fraction of sp³-hybridized carbons (Fsp3) is 0.261. The Balaban J connectivity index is 0.000000400. The molecule has 10 radical (unpaired) electrons. The molecule has 0 saturated heterocycles. The zero-order valence-corrected chi connectivity index (χ0v) is 18.1. The predicted octanol–water partition coefficient (Wildman–Crippen LogP) is 6.23. The van der Waals surface area contributed by atoms with E-state index in [1.165, 1.54) is 6.42 Å². The van der Waals surface area contributed by atoms with E-state index in [0.717, 1.165) is 18.2 Å². The third kappa shape index (κ3) is 11.3. The van der Waals surface area contributed by atoms with Crippen LogP contribution in [0.25, 0.3) is 5.32 Å². The molecule has 0 aliphatic heterocycles. The molecule has 1 atom stereocenters. The molecule has 2 heteroatoms. The van der Waals surface area contributed by atoms with E-state index in [0.29, 0.717) is 5.41 Å². The molecule has 0 heterocycles.